The first-order valence-corrected chi connectivity index (χ1v) is 10.8. The Morgan fingerprint density at radius 1 is 0.583 bits per heavy atom. The number of hydrogen-bond acceptors (Lipinski definition) is 0. The van der Waals surface area contributed by atoms with Crippen molar-refractivity contribution >= 4 is 0 Å². The summed E-state index contributed by atoms with van der Waals surface area (Å²) in [5.41, 5.74) is 3.50. The van der Waals surface area contributed by atoms with Crippen LogP contribution in [-0.2, 0) is 0 Å². The Morgan fingerprint density at radius 3 is 1.12 bits per heavy atom. The molecule has 2 saturated carbocycles. The predicted molar refractivity (Wildman–Crippen MR) is 106 cm³/mol. The van der Waals surface area contributed by atoms with Gasteiger partial charge < -0.3 is 0 Å². The van der Waals surface area contributed by atoms with Crippen LogP contribution in [0.5, 0.6) is 0 Å². The van der Waals surface area contributed by atoms with Gasteiger partial charge in [-0.05, 0) is 72.3 Å². The van der Waals surface area contributed by atoms with Crippen molar-refractivity contribution in [3.63, 3.8) is 0 Å². The maximum Gasteiger partial charge on any atom is -0.0103 e. The SMILES string of the molecule is CC[C@@H]1CC[C@@H](CC)C1c1ccccc1C1[C@H](CC)CC[C@H]1CC. The van der Waals surface area contributed by atoms with E-state index in [4.69, 9.17) is 0 Å². The molecule has 0 aliphatic heterocycles. The molecule has 0 N–H and O–H groups in total. The van der Waals surface area contributed by atoms with Crippen LogP contribution in [0.3, 0.4) is 0 Å². The molecule has 24 heavy (non-hydrogen) atoms. The smallest absolute Gasteiger partial charge is 0.0103 e. The predicted octanol–water partition coefficient (Wildman–Crippen LogP) is 7.55. The molecule has 3 rings (SSSR count). The Balaban J connectivity index is 2.01. The molecule has 0 heteroatoms. The van der Waals surface area contributed by atoms with E-state index < -0.39 is 0 Å². The molecule has 2 fully saturated rings. The highest BCUT2D eigenvalue weighted by molar-refractivity contribution is 5.36. The fourth-order valence-electron chi connectivity index (χ4n) is 6.31. The van der Waals surface area contributed by atoms with Gasteiger partial charge in [0.05, 0.1) is 0 Å². The highest BCUT2D eigenvalue weighted by Crippen LogP contribution is 2.53. The highest BCUT2D eigenvalue weighted by Gasteiger charge is 2.40. The summed E-state index contributed by atoms with van der Waals surface area (Å²) in [6.07, 6.45) is 11.2. The maximum absolute atomic E-state index is 2.51. The Labute approximate surface area is 150 Å². The van der Waals surface area contributed by atoms with Gasteiger partial charge in [-0.2, -0.15) is 0 Å². The zero-order valence-corrected chi connectivity index (χ0v) is 16.4. The minimum absolute atomic E-state index is 0.826. The van der Waals surface area contributed by atoms with E-state index in [1.807, 2.05) is 0 Å². The second-order valence-electron chi connectivity index (χ2n) is 8.51. The fourth-order valence-corrected chi connectivity index (χ4v) is 6.31. The lowest BCUT2D eigenvalue weighted by molar-refractivity contribution is 0.366. The van der Waals surface area contributed by atoms with Gasteiger partial charge in [0.2, 0.25) is 0 Å². The zero-order valence-electron chi connectivity index (χ0n) is 16.4. The van der Waals surface area contributed by atoms with E-state index in [0.717, 1.165) is 35.5 Å². The van der Waals surface area contributed by atoms with Gasteiger partial charge in [-0.1, -0.05) is 77.6 Å². The summed E-state index contributed by atoms with van der Waals surface area (Å²) in [5.74, 6) is 5.31. The summed E-state index contributed by atoms with van der Waals surface area (Å²) in [4.78, 5) is 0. The molecular weight excluding hydrogens is 288 g/mol. The van der Waals surface area contributed by atoms with Gasteiger partial charge in [0.25, 0.3) is 0 Å². The average molecular weight is 327 g/mol. The quantitative estimate of drug-likeness (QED) is 0.506. The van der Waals surface area contributed by atoms with E-state index in [1.54, 1.807) is 11.1 Å². The van der Waals surface area contributed by atoms with Crippen LogP contribution in [0.4, 0.5) is 0 Å². The van der Waals surface area contributed by atoms with E-state index in [9.17, 15) is 0 Å². The molecule has 0 heterocycles. The van der Waals surface area contributed by atoms with Crippen LogP contribution in [0, 0.1) is 23.7 Å². The van der Waals surface area contributed by atoms with Crippen LogP contribution in [0.2, 0.25) is 0 Å². The first-order valence-electron chi connectivity index (χ1n) is 10.8. The third kappa shape index (κ3) is 3.18. The molecule has 2 aliphatic rings. The molecule has 0 radical (unpaired) electrons. The van der Waals surface area contributed by atoms with Crippen molar-refractivity contribution in [2.75, 3.05) is 0 Å². The second kappa shape index (κ2) is 8.07. The lowest BCUT2D eigenvalue weighted by Crippen LogP contribution is -2.19. The van der Waals surface area contributed by atoms with Crippen LogP contribution in [-0.4, -0.2) is 0 Å². The Morgan fingerprint density at radius 2 is 0.875 bits per heavy atom. The normalized spacial score (nSPS) is 31.8. The molecule has 0 amide bonds. The van der Waals surface area contributed by atoms with Crippen LogP contribution in [0.1, 0.15) is 102 Å². The third-order valence-electron chi connectivity index (χ3n) is 7.66. The van der Waals surface area contributed by atoms with Crippen molar-refractivity contribution in [3.05, 3.63) is 35.4 Å². The van der Waals surface area contributed by atoms with Gasteiger partial charge in [-0.25, -0.2) is 0 Å². The molecule has 0 bridgehead atoms. The van der Waals surface area contributed by atoms with Gasteiger partial charge in [-0.3, -0.25) is 0 Å². The Kier molecular flexibility index (Phi) is 6.06. The van der Waals surface area contributed by atoms with Crippen LogP contribution >= 0.6 is 0 Å². The zero-order chi connectivity index (χ0) is 17.1. The molecule has 1 aromatic rings. The summed E-state index contributed by atoms with van der Waals surface area (Å²) >= 11 is 0. The fraction of sp³-hybridized carbons (Fsp3) is 0.750. The minimum atomic E-state index is 0.826. The first kappa shape index (κ1) is 18.0. The summed E-state index contributed by atoms with van der Waals surface area (Å²) in [7, 11) is 0. The van der Waals surface area contributed by atoms with Crippen molar-refractivity contribution < 1.29 is 0 Å². The van der Waals surface area contributed by atoms with Crippen LogP contribution < -0.4 is 0 Å². The molecule has 1 aromatic carbocycles. The van der Waals surface area contributed by atoms with E-state index in [2.05, 4.69) is 52.0 Å². The van der Waals surface area contributed by atoms with E-state index in [-0.39, 0.29) is 0 Å². The van der Waals surface area contributed by atoms with Crippen molar-refractivity contribution in [2.45, 2.75) is 90.9 Å². The lowest BCUT2D eigenvalue weighted by atomic mass is 9.72. The van der Waals surface area contributed by atoms with Gasteiger partial charge in [0.15, 0.2) is 0 Å². The van der Waals surface area contributed by atoms with Crippen molar-refractivity contribution in [3.8, 4) is 0 Å². The summed E-state index contributed by atoms with van der Waals surface area (Å²) in [5, 5.41) is 0. The van der Waals surface area contributed by atoms with Crippen LogP contribution in [0.25, 0.3) is 0 Å². The molecule has 4 atom stereocenters. The monoisotopic (exact) mass is 326 g/mol. The molecule has 134 valence electrons. The molecule has 0 aromatic heterocycles. The molecule has 0 nitrogen and oxygen atoms in total. The molecular formula is C24H38. The topological polar surface area (TPSA) is 0 Å². The Hall–Kier alpha value is -0.780. The summed E-state index contributed by atoms with van der Waals surface area (Å²) in [6.45, 7) is 9.66. The van der Waals surface area contributed by atoms with E-state index in [1.165, 1.54) is 51.4 Å². The first-order chi connectivity index (χ1) is 11.7. The largest absolute Gasteiger partial charge is 0.0651 e. The van der Waals surface area contributed by atoms with Gasteiger partial charge in [0.1, 0.15) is 0 Å². The van der Waals surface area contributed by atoms with Crippen LogP contribution in [0.15, 0.2) is 24.3 Å². The summed E-state index contributed by atoms with van der Waals surface area (Å²) < 4.78 is 0. The molecule has 0 unspecified atom stereocenters. The average Bonchev–Trinajstić information content (AvgIpc) is 3.24. The third-order valence-corrected chi connectivity index (χ3v) is 7.66. The number of hydrogen-bond donors (Lipinski definition) is 0. The van der Waals surface area contributed by atoms with Gasteiger partial charge in [0, 0.05) is 0 Å². The molecule has 0 spiro atoms. The van der Waals surface area contributed by atoms with E-state index >= 15 is 0 Å². The lowest BCUT2D eigenvalue weighted by Gasteiger charge is -2.32. The van der Waals surface area contributed by atoms with Gasteiger partial charge in [-0.15, -0.1) is 0 Å². The van der Waals surface area contributed by atoms with Gasteiger partial charge >= 0.3 is 0 Å². The van der Waals surface area contributed by atoms with Crippen molar-refractivity contribution in [2.24, 2.45) is 23.7 Å². The molecule has 0 saturated heterocycles. The van der Waals surface area contributed by atoms with Crippen molar-refractivity contribution in [1.29, 1.82) is 0 Å². The van der Waals surface area contributed by atoms with Crippen molar-refractivity contribution in [1.82, 2.24) is 0 Å². The highest BCUT2D eigenvalue weighted by atomic mass is 14.4. The van der Waals surface area contributed by atoms with E-state index in [0.29, 0.717) is 0 Å². The number of rotatable bonds is 6. The maximum atomic E-state index is 2.51. The minimum Gasteiger partial charge on any atom is -0.0651 e. The standard InChI is InChI=1S/C24H38/c1-5-17-13-14-18(6-2)23(17)21-11-9-10-12-22(21)24-19(7-3)15-16-20(24)8-4/h9-12,17-20,23-24H,5-8,13-16H2,1-4H3/t17-,18-,19-,20-/m1/s1. The Bertz CT molecular complexity index is 446. The molecule has 2 aliphatic carbocycles. The number of benzene rings is 1. The second-order valence-corrected chi connectivity index (χ2v) is 8.51. The summed E-state index contributed by atoms with van der Waals surface area (Å²) in [6, 6.07) is 9.64.